The number of benzene rings is 1. The number of likely N-dealkylation sites (N-methyl/N-ethyl adjacent to an activating group) is 1. The highest BCUT2D eigenvalue weighted by Crippen LogP contribution is 2.22. The van der Waals surface area contributed by atoms with Crippen LogP contribution in [-0.2, 0) is 6.54 Å². The zero-order chi connectivity index (χ0) is 15.1. The Hall–Kier alpha value is -1.54. The molecule has 2 aromatic rings. The van der Waals surface area contributed by atoms with E-state index in [-0.39, 0.29) is 0 Å². The third-order valence-corrected chi connectivity index (χ3v) is 4.33. The molecule has 1 aromatic heterocycles. The van der Waals surface area contributed by atoms with Crippen LogP contribution in [0.25, 0.3) is 0 Å². The monoisotopic (exact) mass is 320 g/mol. The largest absolute Gasteiger partial charge is 0.492 e. The molecule has 0 fully saturated rings. The zero-order valence-corrected chi connectivity index (χ0v) is 13.5. The lowest BCUT2D eigenvalue weighted by Gasteiger charge is -2.19. The van der Waals surface area contributed by atoms with Crippen molar-refractivity contribution in [2.45, 2.75) is 13.5 Å². The summed E-state index contributed by atoms with van der Waals surface area (Å²) in [5.74, 6) is 0.796. The fraction of sp³-hybridized carbons (Fsp3) is 0.312. The number of thiophene rings is 1. The van der Waals surface area contributed by atoms with Gasteiger partial charge >= 0.3 is 0 Å². The van der Waals surface area contributed by atoms with Gasteiger partial charge < -0.3 is 4.74 Å². The minimum absolute atomic E-state index is 0.624. The normalized spacial score (nSPS) is 10.6. The van der Waals surface area contributed by atoms with Gasteiger partial charge in [-0.15, -0.1) is 11.3 Å². The maximum absolute atomic E-state index is 8.75. The van der Waals surface area contributed by atoms with Crippen molar-refractivity contribution in [2.75, 3.05) is 19.7 Å². The van der Waals surface area contributed by atoms with E-state index in [1.807, 2.05) is 18.2 Å². The smallest absolute Gasteiger partial charge is 0.119 e. The minimum atomic E-state index is 0.624. The van der Waals surface area contributed by atoms with Crippen LogP contribution in [0.4, 0.5) is 0 Å². The van der Waals surface area contributed by atoms with E-state index in [4.69, 9.17) is 21.6 Å². The fourth-order valence-electron chi connectivity index (χ4n) is 1.92. The summed E-state index contributed by atoms with van der Waals surface area (Å²) in [6.07, 6.45) is 0. The molecule has 3 nitrogen and oxygen atoms in total. The third kappa shape index (κ3) is 5.05. The highest BCUT2D eigenvalue weighted by molar-refractivity contribution is 7.16. The number of hydrogen-bond donors (Lipinski definition) is 0. The second-order valence-electron chi connectivity index (χ2n) is 4.56. The quantitative estimate of drug-likeness (QED) is 0.768. The molecule has 5 heteroatoms. The number of hydrogen-bond acceptors (Lipinski definition) is 4. The molecule has 21 heavy (non-hydrogen) atoms. The number of rotatable bonds is 7. The topological polar surface area (TPSA) is 36.3 Å². The summed E-state index contributed by atoms with van der Waals surface area (Å²) in [4.78, 5) is 3.58. The number of ether oxygens (including phenoxy) is 1. The molecule has 2 rings (SSSR count). The molecule has 0 amide bonds. The van der Waals surface area contributed by atoms with E-state index < -0.39 is 0 Å². The van der Waals surface area contributed by atoms with Gasteiger partial charge in [-0.05, 0) is 42.9 Å². The maximum Gasteiger partial charge on any atom is 0.119 e. The van der Waals surface area contributed by atoms with Gasteiger partial charge in [0, 0.05) is 18.0 Å². The summed E-state index contributed by atoms with van der Waals surface area (Å²) in [6.45, 7) is 5.47. The lowest BCUT2D eigenvalue weighted by molar-refractivity contribution is 0.211. The van der Waals surface area contributed by atoms with Crippen LogP contribution >= 0.6 is 22.9 Å². The molecule has 0 saturated carbocycles. The highest BCUT2D eigenvalue weighted by atomic mass is 35.5. The van der Waals surface area contributed by atoms with Gasteiger partial charge in [0.25, 0.3) is 0 Å². The lowest BCUT2D eigenvalue weighted by atomic mass is 10.2. The maximum atomic E-state index is 8.75. The molecule has 0 aliphatic rings. The molecule has 1 heterocycles. The van der Waals surface area contributed by atoms with E-state index in [1.165, 1.54) is 4.88 Å². The van der Waals surface area contributed by atoms with Gasteiger partial charge in [-0.25, -0.2) is 0 Å². The Morgan fingerprint density at radius 1 is 1.24 bits per heavy atom. The molecule has 0 spiro atoms. The predicted molar refractivity (Wildman–Crippen MR) is 86.9 cm³/mol. The first kappa shape index (κ1) is 15.8. The van der Waals surface area contributed by atoms with Crippen LogP contribution < -0.4 is 4.74 Å². The van der Waals surface area contributed by atoms with Crippen molar-refractivity contribution in [3.05, 3.63) is 51.2 Å². The van der Waals surface area contributed by atoms with Crippen LogP contribution in [-0.4, -0.2) is 24.6 Å². The third-order valence-electron chi connectivity index (χ3n) is 3.12. The van der Waals surface area contributed by atoms with Crippen molar-refractivity contribution in [3.8, 4) is 11.8 Å². The fourth-order valence-corrected chi connectivity index (χ4v) is 3.05. The summed E-state index contributed by atoms with van der Waals surface area (Å²) in [5.41, 5.74) is 0.645. The zero-order valence-electron chi connectivity index (χ0n) is 11.9. The van der Waals surface area contributed by atoms with Gasteiger partial charge in [0.15, 0.2) is 0 Å². The van der Waals surface area contributed by atoms with Crippen molar-refractivity contribution in [1.82, 2.24) is 4.90 Å². The van der Waals surface area contributed by atoms with Crippen LogP contribution in [0.15, 0.2) is 36.4 Å². The van der Waals surface area contributed by atoms with E-state index in [0.717, 1.165) is 29.7 Å². The van der Waals surface area contributed by atoms with Crippen molar-refractivity contribution < 1.29 is 4.74 Å². The standard InChI is InChI=1S/C16H17ClN2OS/c1-2-19(12-15-7-8-16(17)21-15)9-10-20-14-5-3-13(11-18)4-6-14/h3-8H,2,9-10,12H2,1H3. The highest BCUT2D eigenvalue weighted by Gasteiger charge is 2.06. The second-order valence-corrected chi connectivity index (χ2v) is 6.36. The van der Waals surface area contributed by atoms with Crippen molar-refractivity contribution in [2.24, 2.45) is 0 Å². The van der Waals surface area contributed by atoms with Gasteiger partial charge in [-0.1, -0.05) is 18.5 Å². The van der Waals surface area contributed by atoms with E-state index in [2.05, 4.69) is 24.0 Å². The molecule has 0 aliphatic carbocycles. The SMILES string of the molecule is CCN(CCOc1ccc(C#N)cc1)Cc1ccc(Cl)s1. The molecule has 0 bridgehead atoms. The Morgan fingerprint density at radius 3 is 2.57 bits per heavy atom. The van der Waals surface area contributed by atoms with Gasteiger partial charge in [0.1, 0.15) is 12.4 Å². The number of nitrogens with zero attached hydrogens (tertiary/aromatic N) is 2. The van der Waals surface area contributed by atoms with Gasteiger partial charge in [0.05, 0.1) is 16.0 Å². The molecular weight excluding hydrogens is 304 g/mol. The predicted octanol–water partition coefficient (Wildman–Crippen LogP) is 4.17. The van der Waals surface area contributed by atoms with Crippen molar-refractivity contribution in [3.63, 3.8) is 0 Å². The van der Waals surface area contributed by atoms with Crippen LogP contribution in [0, 0.1) is 11.3 Å². The first-order valence-electron chi connectivity index (χ1n) is 6.81. The van der Waals surface area contributed by atoms with E-state index in [0.29, 0.717) is 12.2 Å². The molecule has 110 valence electrons. The van der Waals surface area contributed by atoms with E-state index >= 15 is 0 Å². The van der Waals surface area contributed by atoms with Gasteiger partial charge in [-0.3, -0.25) is 4.90 Å². The van der Waals surface area contributed by atoms with Crippen LogP contribution in [0.3, 0.4) is 0 Å². The van der Waals surface area contributed by atoms with E-state index in [9.17, 15) is 0 Å². The van der Waals surface area contributed by atoms with Crippen LogP contribution in [0.1, 0.15) is 17.4 Å². The van der Waals surface area contributed by atoms with E-state index in [1.54, 1.807) is 23.5 Å². The van der Waals surface area contributed by atoms with Gasteiger partial charge in [0.2, 0.25) is 0 Å². The first-order valence-corrected chi connectivity index (χ1v) is 8.00. The Bertz CT molecular complexity index is 603. The lowest BCUT2D eigenvalue weighted by Crippen LogP contribution is -2.27. The second kappa shape index (κ2) is 8.04. The van der Waals surface area contributed by atoms with Gasteiger partial charge in [-0.2, -0.15) is 5.26 Å². The van der Waals surface area contributed by atoms with Crippen LogP contribution in [0.2, 0.25) is 4.34 Å². The van der Waals surface area contributed by atoms with Crippen molar-refractivity contribution in [1.29, 1.82) is 5.26 Å². The average Bonchev–Trinajstić information content (AvgIpc) is 2.92. The molecule has 0 atom stereocenters. The molecule has 1 aromatic carbocycles. The Morgan fingerprint density at radius 2 is 2.00 bits per heavy atom. The number of halogens is 1. The Labute approximate surface area is 134 Å². The number of nitriles is 1. The average molecular weight is 321 g/mol. The molecule has 0 unspecified atom stereocenters. The molecule has 0 aliphatic heterocycles. The Balaban J connectivity index is 1.78. The summed E-state index contributed by atoms with van der Waals surface area (Å²) in [5, 5.41) is 8.75. The first-order chi connectivity index (χ1) is 10.2. The van der Waals surface area contributed by atoms with Crippen LogP contribution in [0.5, 0.6) is 5.75 Å². The molecule has 0 saturated heterocycles. The summed E-state index contributed by atoms with van der Waals surface area (Å²) < 4.78 is 6.54. The Kier molecular flexibility index (Phi) is 6.06. The van der Waals surface area contributed by atoms with Crippen molar-refractivity contribution >= 4 is 22.9 Å². The summed E-state index contributed by atoms with van der Waals surface area (Å²) in [7, 11) is 0. The summed E-state index contributed by atoms with van der Waals surface area (Å²) in [6, 6.07) is 13.3. The summed E-state index contributed by atoms with van der Waals surface area (Å²) >= 11 is 7.57. The molecule has 0 N–H and O–H groups in total. The minimum Gasteiger partial charge on any atom is -0.492 e. The molecule has 0 radical (unpaired) electrons. The molecular formula is C16H17ClN2OS.